The van der Waals surface area contributed by atoms with Crippen molar-refractivity contribution in [1.29, 1.82) is 0 Å². The Morgan fingerprint density at radius 1 is 1.31 bits per heavy atom. The van der Waals surface area contributed by atoms with Crippen molar-refractivity contribution in [2.45, 2.75) is 27.3 Å². The molecule has 2 nitrogen and oxygen atoms in total. The number of aliphatic hydroxyl groups excluding tert-OH is 1. The fraction of sp³-hybridized carbons (Fsp3) is 0.538. The molecular weight excluding hydrogens is 205 g/mol. The molecule has 0 aliphatic heterocycles. The number of nitrogens with one attached hydrogen (secondary N) is 1. The van der Waals surface area contributed by atoms with Gasteiger partial charge in [0.15, 0.2) is 0 Å². The fourth-order valence-electron chi connectivity index (χ4n) is 1.67. The number of benzene rings is 1. The molecule has 0 fully saturated rings. The van der Waals surface area contributed by atoms with E-state index in [9.17, 15) is 4.39 Å². The van der Waals surface area contributed by atoms with Crippen molar-refractivity contribution in [2.75, 3.05) is 13.2 Å². The Balaban J connectivity index is 2.55. The molecule has 90 valence electrons. The lowest BCUT2D eigenvalue weighted by Gasteiger charge is -2.11. The van der Waals surface area contributed by atoms with Crippen LogP contribution in [0.15, 0.2) is 12.1 Å². The second-order valence-electron chi connectivity index (χ2n) is 4.46. The summed E-state index contributed by atoms with van der Waals surface area (Å²) in [6.07, 6.45) is 0. The highest BCUT2D eigenvalue weighted by atomic mass is 19.1. The maximum Gasteiger partial charge on any atom is 0.129 e. The van der Waals surface area contributed by atoms with Crippen molar-refractivity contribution in [2.24, 2.45) is 5.92 Å². The van der Waals surface area contributed by atoms with E-state index in [2.05, 4.69) is 5.32 Å². The molecule has 3 heteroatoms. The molecule has 1 aromatic rings. The van der Waals surface area contributed by atoms with E-state index in [1.165, 1.54) is 0 Å². The van der Waals surface area contributed by atoms with Crippen molar-refractivity contribution in [3.8, 4) is 0 Å². The molecule has 0 bridgehead atoms. The molecule has 0 heterocycles. The lowest BCUT2D eigenvalue weighted by Crippen LogP contribution is -2.22. The number of aliphatic hydroxyl groups is 1. The average molecular weight is 225 g/mol. The summed E-state index contributed by atoms with van der Waals surface area (Å²) < 4.78 is 13.4. The van der Waals surface area contributed by atoms with E-state index in [0.29, 0.717) is 17.7 Å². The molecule has 1 atom stereocenters. The molecule has 0 radical (unpaired) electrons. The maximum atomic E-state index is 13.4. The third kappa shape index (κ3) is 3.58. The third-order valence-electron chi connectivity index (χ3n) is 2.63. The van der Waals surface area contributed by atoms with Crippen molar-refractivity contribution < 1.29 is 9.50 Å². The molecular formula is C13H20FNO. The largest absolute Gasteiger partial charge is 0.396 e. The fourth-order valence-corrected chi connectivity index (χ4v) is 1.67. The van der Waals surface area contributed by atoms with Gasteiger partial charge in [0, 0.05) is 19.7 Å². The van der Waals surface area contributed by atoms with Crippen LogP contribution in [0.5, 0.6) is 0 Å². The topological polar surface area (TPSA) is 32.3 Å². The van der Waals surface area contributed by atoms with Crippen LogP contribution < -0.4 is 5.32 Å². The van der Waals surface area contributed by atoms with Crippen molar-refractivity contribution in [3.05, 3.63) is 34.6 Å². The molecule has 16 heavy (non-hydrogen) atoms. The van der Waals surface area contributed by atoms with E-state index in [0.717, 1.165) is 12.1 Å². The highest BCUT2D eigenvalue weighted by Gasteiger charge is 2.04. The molecule has 0 spiro atoms. The van der Waals surface area contributed by atoms with Crippen molar-refractivity contribution in [3.63, 3.8) is 0 Å². The summed E-state index contributed by atoms with van der Waals surface area (Å²) in [7, 11) is 0. The van der Waals surface area contributed by atoms with Gasteiger partial charge in [-0.25, -0.2) is 4.39 Å². The van der Waals surface area contributed by atoms with Crippen LogP contribution in [0.1, 0.15) is 23.6 Å². The first kappa shape index (κ1) is 13.1. The van der Waals surface area contributed by atoms with E-state index in [1.54, 1.807) is 13.8 Å². The van der Waals surface area contributed by atoms with Gasteiger partial charge in [-0.05, 0) is 36.5 Å². The third-order valence-corrected chi connectivity index (χ3v) is 2.63. The first-order chi connectivity index (χ1) is 7.54. The van der Waals surface area contributed by atoms with Crippen LogP contribution in [-0.2, 0) is 6.54 Å². The van der Waals surface area contributed by atoms with Crippen LogP contribution in [-0.4, -0.2) is 18.3 Å². The van der Waals surface area contributed by atoms with Gasteiger partial charge in [-0.2, -0.15) is 0 Å². The monoisotopic (exact) mass is 225 g/mol. The molecule has 0 saturated heterocycles. The maximum absolute atomic E-state index is 13.4. The van der Waals surface area contributed by atoms with E-state index >= 15 is 0 Å². The molecule has 0 amide bonds. The smallest absolute Gasteiger partial charge is 0.129 e. The SMILES string of the molecule is Cc1cc(CNCC(C)CO)cc(C)c1F. The first-order valence-electron chi connectivity index (χ1n) is 5.61. The zero-order valence-electron chi connectivity index (χ0n) is 10.2. The molecule has 1 rings (SSSR count). The number of halogens is 1. The van der Waals surface area contributed by atoms with E-state index in [4.69, 9.17) is 5.11 Å². The molecule has 0 saturated carbocycles. The van der Waals surface area contributed by atoms with E-state index in [-0.39, 0.29) is 18.3 Å². The van der Waals surface area contributed by atoms with Crippen LogP contribution in [0.4, 0.5) is 4.39 Å². The Morgan fingerprint density at radius 2 is 1.88 bits per heavy atom. The average Bonchev–Trinajstić information content (AvgIpc) is 2.25. The minimum atomic E-state index is -0.118. The van der Waals surface area contributed by atoms with Gasteiger partial charge in [-0.3, -0.25) is 0 Å². The second kappa shape index (κ2) is 5.97. The minimum Gasteiger partial charge on any atom is -0.396 e. The Morgan fingerprint density at radius 3 is 2.38 bits per heavy atom. The molecule has 0 aliphatic carbocycles. The standard InChI is InChI=1S/C13H20FNO/c1-9(8-16)6-15-7-12-4-10(2)13(14)11(3)5-12/h4-5,9,15-16H,6-8H2,1-3H3. The molecule has 1 unspecified atom stereocenters. The normalized spacial score (nSPS) is 12.8. The predicted molar refractivity (Wildman–Crippen MR) is 63.8 cm³/mol. The Hall–Kier alpha value is -0.930. The zero-order chi connectivity index (χ0) is 12.1. The van der Waals surface area contributed by atoms with Gasteiger partial charge in [0.1, 0.15) is 5.82 Å². The van der Waals surface area contributed by atoms with Gasteiger partial charge in [0.25, 0.3) is 0 Å². The lowest BCUT2D eigenvalue weighted by atomic mass is 10.1. The Labute approximate surface area is 96.5 Å². The molecule has 0 aliphatic rings. The van der Waals surface area contributed by atoms with E-state index in [1.807, 2.05) is 19.1 Å². The minimum absolute atomic E-state index is 0.118. The first-order valence-corrected chi connectivity index (χ1v) is 5.61. The Bertz CT molecular complexity index is 329. The second-order valence-corrected chi connectivity index (χ2v) is 4.46. The number of hydrogen-bond acceptors (Lipinski definition) is 2. The van der Waals surface area contributed by atoms with Crippen LogP contribution in [0.3, 0.4) is 0 Å². The summed E-state index contributed by atoms with van der Waals surface area (Å²) in [5.74, 6) is 0.134. The number of hydrogen-bond donors (Lipinski definition) is 2. The van der Waals surface area contributed by atoms with Gasteiger partial charge >= 0.3 is 0 Å². The summed E-state index contributed by atoms with van der Waals surface area (Å²) in [6, 6.07) is 3.72. The predicted octanol–water partition coefficient (Wildman–Crippen LogP) is 2.16. The van der Waals surface area contributed by atoms with Gasteiger partial charge in [0.2, 0.25) is 0 Å². The summed E-state index contributed by atoms with van der Waals surface area (Å²) in [6.45, 7) is 7.21. The highest BCUT2D eigenvalue weighted by molar-refractivity contribution is 5.30. The van der Waals surface area contributed by atoms with Crippen molar-refractivity contribution >= 4 is 0 Å². The quantitative estimate of drug-likeness (QED) is 0.805. The summed E-state index contributed by atoms with van der Waals surface area (Å²) in [5.41, 5.74) is 2.46. The van der Waals surface area contributed by atoms with E-state index < -0.39 is 0 Å². The zero-order valence-corrected chi connectivity index (χ0v) is 10.2. The summed E-state index contributed by atoms with van der Waals surface area (Å²) in [4.78, 5) is 0. The molecule has 1 aromatic carbocycles. The summed E-state index contributed by atoms with van der Waals surface area (Å²) in [5, 5.41) is 12.1. The lowest BCUT2D eigenvalue weighted by molar-refractivity contribution is 0.233. The van der Waals surface area contributed by atoms with Gasteiger partial charge < -0.3 is 10.4 Å². The summed E-state index contributed by atoms with van der Waals surface area (Å²) >= 11 is 0. The Kier molecular flexibility index (Phi) is 4.90. The van der Waals surface area contributed by atoms with Gasteiger partial charge in [0.05, 0.1) is 0 Å². The van der Waals surface area contributed by atoms with Crippen molar-refractivity contribution in [1.82, 2.24) is 5.32 Å². The highest BCUT2D eigenvalue weighted by Crippen LogP contribution is 2.14. The number of aryl methyl sites for hydroxylation is 2. The number of rotatable bonds is 5. The van der Waals surface area contributed by atoms with Gasteiger partial charge in [-0.1, -0.05) is 19.1 Å². The van der Waals surface area contributed by atoms with Crippen LogP contribution in [0.25, 0.3) is 0 Å². The van der Waals surface area contributed by atoms with Crippen LogP contribution >= 0.6 is 0 Å². The molecule has 0 aromatic heterocycles. The van der Waals surface area contributed by atoms with Crippen LogP contribution in [0, 0.1) is 25.6 Å². The van der Waals surface area contributed by atoms with Gasteiger partial charge in [-0.15, -0.1) is 0 Å². The molecule has 2 N–H and O–H groups in total. The van der Waals surface area contributed by atoms with Crippen LogP contribution in [0.2, 0.25) is 0 Å².